The molecule has 0 unspecified atom stereocenters. The lowest BCUT2D eigenvalue weighted by Crippen LogP contribution is -2.38. The molecular weight excluding hydrogens is 414 g/mol. The van der Waals surface area contributed by atoms with Crippen molar-refractivity contribution >= 4 is 16.8 Å². The van der Waals surface area contributed by atoms with Crippen LogP contribution in [0.15, 0.2) is 54.7 Å². The van der Waals surface area contributed by atoms with E-state index < -0.39 is 0 Å². The largest absolute Gasteiger partial charge is 0.497 e. The Labute approximate surface area is 195 Å². The van der Waals surface area contributed by atoms with Crippen LogP contribution in [0, 0.1) is 0 Å². The number of benzene rings is 2. The molecule has 0 N–H and O–H groups in total. The standard InChI is InChI=1S/C27H31N3O3/c1-32-23-9-10-24(27(31)30-14-2-3-15-30)25(18-23)33-22-11-16-29(17-12-22)19-21-7-4-6-20-8-5-13-28-26(20)21/h4-10,13,18,22H,2-3,11-12,14-17,19H2,1H3. The quantitative estimate of drug-likeness (QED) is 0.558. The summed E-state index contributed by atoms with van der Waals surface area (Å²) in [5.74, 6) is 1.41. The minimum atomic E-state index is 0.0612. The van der Waals surface area contributed by atoms with Crippen molar-refractivity contribution in [1.29, 1.82) is 0 Å². The van der Waals surface area contributed by atoms with Crippen LogP contribution in [0.1, 0.15) is 41.6 Å². The smallest absolute Gasteiger partial charge is 0.257 e. The van der Waals surface area contributed by atoms with E-state index in [1.54, 1.807) is 7.11 Å². The summed E-state index contributed by atoms with van der Waals surface area (Å²) >= 11 is 0. The summed E-state index contributed by atoms with van der Waals surface area (Å²) in [6.45, 7) is 4.44. The Morgan fingerprint density at radius 1 is 1.03 bits per heavy atom. The monoisotopic (exact) mass is 445 g/mol. The molecule has 2 aliphatic rings. The molecule has 1 amide bonds. The zero-order valence-corrected chi connectivity index (χ0v) is 19.2. The zero-order valence-electron chi connectivity index (χ0n) is 19.2. The van der Waals surface area contributed by atoms with Crippen LogP contribution in [-0.4, -0.2) is 60.1 Å². The molecular formula is C27H31N3O3. The number of rotatable bonds is 6. The third kappa shape index (κ3) is 4.81. The van der Waals surface area contributed by atoms with Gasteiger partial charge >= 0.3 is 0 Å². The number of fused-ring (bicyclic) bond motifs is 1. The number of methoxy groups -OCH3 is 1. The maximum absolute atomic E-state index is 13.1. The van der Waals surface area contributed by atoms with Crippen LogP contribution < -0.4 is 9.47 Å². The van der Waals surface area contributed by atoms with Gasteiger partial charge in [-0.25, -0.2) is 0 Å². The van der Waals surface area contributed by atoms with Crippen molar-refractivity contribution in [1.82, 2.24) is 14.8 Å². The fraction of sp³-hybridized carbons (Fsp3) is 0.407. The van der Waals surface area contributed by atoms with Crippen LogP contribution in [0.5, 0.6) is 11.5 Å². The van der Waals surface area contributed by atoms with Gasteiger partial charge < -0.3 is 14.4 Å². The minimum Gasteiger partial charge on any atom is -0.497 e. The number of carbonyl (C=O) groups excluding carboxylic acids is 1. The van der Waals surface area contributed by atoms with Crippen LogP contribution in [0.2, 0.25) is 0 Å². The lowest BCUT2D eigenvalue weighted by atomic mass is 10.0. The third-order valence-corrected chi connectivity index (χ3v) is 6.75. The maximum atomic E-state index is 13.1. The minimum absolute atomic E-state index is 0.0612. The molecule has 2 fully saturated rings. The van der Waals surface area contributed by atoms with Crippen molar-refractivity contribution in [3.63, 3.8) is 0 Å². The lowest BCUT2D eigenvalue weighted by Gasteiger charge is -2.32. The summed E-state index contributed by atoms with van der Waals surface area (Å²) in [7, 11) is 1.64. The van der Waals surface area contributed by atoms with E-state index in [4.69, 9.17) is 9.47 Å². The van der Waals surface area contributed by atoms with Gasteiger partial charge in [-0.3, -0.25) is 14.7 Å². The van der Waals surface area contributed by atoms with Gasteiger partial charge in [0.15, 0.2) is 0 Å². The first-order valence-electron chi connectivity index (χ1n) is 11.9. The normalized spacial score (nSPS) is 17.4. The second-order valence-electron chi connectivity index (χ2n) is 8.95. The fourth-order valence-electron chi connectivity index (χ4n) is 4.90. The molecule has 0 radical (unpaired) electrons. The average Bonchev–Trinajstić information content (AvgIpc) is 3.40. The van der Waals surface area contributed by atoms with E-state index in [2.05, 4.69) is 34.1 Å². The number of carbonyl (C=O) groups is 1. The number of likely N-dealkylation sites (tertiary alicyclic amines) is 2. The Morgan fingerprint density at radius 2 is 1.82 bits per heavy atom. The second-order valence-corrected chi connectivity index (χ2v) is 8.95. The highest BCUT2D eigenvalue weighted by Crippen LogP contribution is 2.30. The van der Waals surface area contributed by atoms with E-state index in [9.17, 15) is 4.79 Å². The van der Waals surface area contributed by atoms with E-state index in [0.717, 1.165) is 63.9 Å². The van der Waals surface area contributed by atoms with Crippen LogP contribution in [-0.2, 0) is 6.54 Å². The van der Waals surface area contributed by atoms with Gasteiger partial charge in [-0.1, -0.05) is 24.3 Å². The van der Waals surface area contributed by atoms with Gasteiger partial charge in [0.2, 0.25) is 0 Å². The zero-order chi connectivity index (χ0) is 22.6. The molecule has 0 bridgehead atoms. The Bertz CT molecular complexity index is 1110. The van der Waals surface area contributed by atoms with E-state index >= 15 is 0 Å². The van der Waals surface area contributed by atoms with Crippen LogP contribution in [0.3, 0.4) is 0 Å². The van der Waals surface area contributed by atoms with E-state index in [-0.39, 0.29) is 12.0 Å². The predicted octanol–water partition coefficient (Wildman–Crippen LogP) is 4.52. The van der Waals surface area contributed by atoms with Crippen molar-refractivity contribution in [2.24, 2.45) is 0 Å². The molecule has 6 nitrogen and oxygen atoms in total. The maximum Gasteiger partial charge on any atom is 0.257 e. The van der Waals surface area contributed by atoms with Crippen molar-refractivity contribution in [3.05, 3.63) is 65.9 Å². The van der Waals surface area contributed by atoms with E-state index in [1.165, 1.54) is 10.9 Å². The average molecular weight is 446 g/mol. The highest BCUT2D eigenvalue weighted by Gasteiger charge is 2.26. The summed E-state index contributed by atoms with van der Waals surface area (Å²) in [5, 5.41) is 1.18. The number of hydrogen-bond acceptors (Lipinski definition) is 5. The van der Waals surface area contributed by atoms with E-state index in [1.807, 2.05) is 35.4 Å². The molecule has 0 saturated carbocycles. The lowest BCUT2D eigenvalue weighted by molar-refractivity contribution is 0.0764. The topological polar surface area (TPSA) is 54.9 Å². The SMILES string of the molecule is COc1ccc(C(=O)N2CCCC2)c(OC2CCN(Cc3cccc4cccnc34)CC2)c1. The molecule has 33 heavy (non-hydrogen) atoms. The molecule has 5 rings (SSSR count). The number of para-hydroxylation sites is 1. The molecule has 172 valence electrons. The summed E-state index contributed by atoms with van der Waals surface area (Å²) in [6, 6.07) is 16.0. The summed E-state index contributed by atoms with van der Waals surface area (Å²) < 4.78 is 11.8. The van der Waals surface area contributed by atoms with Gasteiger partial charge in [-0.15, -0.1) is 0 Å². The van der Waals surface area contributed by atoms with Crippen molar-refractivity contribution in [2.45, 2.75) is 38.3 Å². The Kier molecular flexibility index (Phi) is 6.44. The molecule has 0 atom stereocenters. The first-order chi connectivity index (χ1) is 16.2. The number of nitrogens with zero attached hydrogens (tertiary/aromatic N) is 3. The first kappa shape index (κ1) is 21.7. The molecule has 0 spiro atoms. The van der Waals surface area contributed by atoms with Crippen molar-refractivity contribution in [2.75, 3.05) is 33.3 Å². The first-order valence-corrected chi connectivity index (χ1v) is 11.9. The molecule has 2 aliphatic heterocycles. The number of amides is 1. The molecule has 6 heteroatoms. The molecule has 0 aliphatic carbocycles. The van der Waals surface area contributed by atoms with Gasteiger partial charge in [0.1, 0.15) is 17.6 Å². The van der Waals surface area contributed by atoms with E-state index in [0.29, 0.717) is 17.1 Å². The number of aromatic nitrogens is 1. The third-order valence-electron chi connectivity index (χ3n) is 6.75. The summed E-state index contributed by atoms with van der Waals surface area (Å²) in [5.41, 5.74) is 2.99. The highest BCUT2D eigenvalue weighted by molar-refractivity contribution is 5.97. The molecule has 3 heterocycles. The molecule has 2 aromatic carbocycles. The highest BCUT2D eigenvalue weighted by atomic mass is 16.5. The van der Waals surface area contributed by atoms with Crippen LogP contribution in [0.4, 0.5) is 0 Å². The van der Waals surface area contributed by atoms with Crippen LogP contribution in [0.25, 0.3) is 10.9 Å². The predicted molar refractivity (Wildman–Crippen MR) is 129 cm³/mol. The van der Waals surface area contributed by atoms with Gasteiger partial charge in [0, 0.05) is 50.4 Å². The number of ether oxygens (including phenoxy) is 2. The Hall–Kier alpha value is -3.12. The van der Waals surface area contributed by atoms with Gasteiger partial charge in [0.05, 0.1) is 18.2 Å². The van der Waals surface area contributed by atoms with Gasteiger partial charge in [-0.05, 0) is 49.4 Å². The number of hydrogen-bond donors (Lipinski definition) is 0. The molecule has 2 saturated heterocycles. The summed E-state index contributed by atoms with van der Waals surface area (Å²) in [4.78, 5) is 22.0. The molecule has 3 aromatic rings. The molecule has 1 aromatic heterocycles. The van der Waals surface area contributed by atoms with Crippen LogP contribution >= 0.6 is 0 Å². The Balaban J connectivity index is 1.25. The second kappa shape index (κ2) is 9.79. The van der Waals surface area contributed by atoms with Crippen molar-refractivity contribution < 1.29 is 14.3 Å². The number of piperidine rings is 1. The van der Waals surface area contributed by atoms with Gasteiger partial charge in [-0.2, -0.15) is 0 Å². The van der Waals surface area contributed by atoms with Crippen molar-refractivity contribution in [3.8, 4) is 11.5 Å². The van der Waals surface area contributed by atoms with Gasteiger partial charge in [0.25, 0.3) is 5.91 Å². The summed E-state index contributed by atoms with van der Waals surface area (Å²) in [6.07, 6.45) is 5.94. The number of pyridine rings is 1. The Morgan fingerprint density at radius 3 is 2.61 bits per heavy atom. The fourth-order valence-corrected chi connectivity index (χ4v) is 4.90.